The number of rotatable bonds is 6. The third-order valence-electron chi connectivity index (χ3n) is 4.92. The molecule has 0 spiro atoms. The predicted octanol–water partition coefficient (Wildman–Crippen LogP) is 6.04. The maximum absolute atomic E-state index is 13.0. The Labute approximate surface area is 185 Å². The van der Waals surface area contributed by atoms with Crippen molar-refractivity contribution in [1.29, 1.82) is 5.26 Å². The quantitative estimate of drug-likeness (QED) is 0.310. The second kappa shape index (κ2) is 9.34. The molecule has 0 saturated heterocycles. The van der Waals surface area contributed by atoms with Gasteiger partial charge in [-0.1, -0.05) is 43.0 Å². The van der Waals surface area contributed by atoms with Crippen molar-refractivity contribution < 1.29 is 14.0 Å². The Morgan fingerprint density at radius 3 is 2.57 bits per heavy atom. The van der Waals surface area contributed by atoms with Crippen molar-refractivity contribution >= 4 is 41.1 Å². The fourth-order valence-electron chi connectivity index (χ4n) is 3.26. The van der Waals surface area contributed by atoms with Gasteiger partial charge in [0.1, 0.15) is 23.2 Å². The number of imide groups is 1. The number of carbonyl (C=O) groups is 2. The van der Waals surface area contributed by atoms with Crippen molar-refractivity contribution in [3.05, 3.63) is 62.9 Å². The number of nitrogens with zero attached hydrogens (tertiary/aromatic N) is 2. The summed E-state index contributed by atoms with van der Waals surface area (Å²) < 4.78 is 5.85. The molecule has 0 saturated carbocycles. The molecule has 2 amide bonds. The van der Waals surface area contributed by atoms with E-state index < -0.39 is 11.8 Å². The van der Waals surface area contributed by atoms with E-state index in [-0.39, 0.29) is 17.7 Å². The summed E-state index contributed by atoms with van der Waals surface area (Å²) in [5, 5.41) is 10.4. The van der Waals surface area contributed by atoms with E-state index in [1.807, 2.05) is 13.0 Å². The maximum atomic E-state index is 13.0. The first kappa shape index (κ1) is 21.9. The third kappa shape index (κ3) is 4.35. The van der Waals surface area contributed by atoms with Crippen LogP contribution in [0.15, 0.2) is 51.5 Å². The van der Waals surface area contributed by atoms with Gasteiger partial charge in [-0.3, -0.25) is 14.5 Å². The van der Waals surface area contributed by atoms with Crippen molar-refractivity contribution in [2.45, 2.75) is 33.1 Å². The maximum Gasteiger partial charge on any atom is 0.271 e. The fraction of sp³-hybridized carbons (Fsp3) is 0.261. The van der Waals surface area contributed by atoms with Crippen LogP contribution in [-0.2, 0) is 9.59 Å². The number of amides is 2. The minimum absolute atomic E-state index is 0.0233. The van der Waals surface area contributed by atoms with E-state index >= 15 is 0 Å². The smallest absolute Gasteiger partial charge is 0.271 e. The van der Waals surface area contributed by atoms with Crippen LogP contribution in [0.2, 0.25) is 10.0 Å². The Hall–Kier alpha value is -2.81. The Morgan fingerprint density at radius 1 is 1.13 bits per heavy atom. The molecule has 0 aliphatic carbocycles. The highest BCUT2D eigenvalue weighted by molar-refractivity contribution is 6.36. The van der Waals surface area contributed by atoms with Gasteiger partial charge >= 0.3 is 0 Å². The van der Waals surface area contributed by atoms with Gasteiger partial charge in [0.15, 0.2) is 0 Å². The minimum atomic E-state index is -0.540. The third-order valence-corrected chi connectivity index (χ3v) is 5.47. The summed E-state index contributed by atoms with van der Waals surface area (Å²) in [6, 6.07) is 10.5. The lowest BCUT2D eigenvalue weighted by Crippen LogP contribution is -2.43. The molecular weight excluding hydrogens is 423 g/mol. The van der Waals surface area contributed by atoms with Crippen molar-refractivity contribution in [3.63, 3.8) is 0 Å². The van der Waals surface area contributed by atoms with E-state index in [0.717, 1.165) is 17.7 Å². The van der Waals surface area contributed by atoms with Crippen molar-refractivity contribution in [3.8, 4) is 17.4 Å². The molecule has 7 heteroatoms. The van der Waals surface area contributed by atoms with Gasteiger partial charge in [0, 0.05) is 22.7 Å². The largest absolute Gasteiger partial charge is 0.457 e. The van der Waals surface area contributed by atoms with Crippen LogP contribution in [0.4, 0.5) is 0 Å². The zero-order valence-corrected chi connectivity index (χ0v) is 18.2. The van der Waals surface area contributed by atoms with Crippen molar-refractivity contribution in [2.75, 3.05) is 6.54 Å². The van der Waals surface area contributed by atoms with Crippen LogP contribution in [-0.4, -0.2) is 23.3 Å². The average Bonchev–Trinajstić information content (AvgIpc) is 3.16. The van der Waals surface area contributed by atoms with Crippen molar-refractivity contribution in [1.82, 2.24) is 4.90 Å². The zero-order chi connectivity index (χ0) is 21.8. The van der Waals surface area contributed by atoms with Gasteiger partial charge in [-0.05, 0) is 55.3 Å². The molecule has 0 bridgehead atoms. The molecule has 0 radical (unpaired) electrons. The first-order valence-corrected chi connectivity index (χ1v) is 10.4. The predicted molar refractivity (Wildman–Crippen MR) is 117 cm³/mol. The highest BCUT2D eigenvalue weighted by Crippen LogP contribution is 2.33. The van der Waals surface area contributed by atoms with E-state index in [9.17, 15) is 14.9 Å². The molecule has 30 heavy (non-hydrogen) atoms. The molecule has 5 nitrogen and oxygen atoms in total. The molecule has 0 unspecified atom stereocenters. The van der Waals surface area contributed by atoms with Gasteiger partial charge in [0.05, 0.1) is 5.02 Å². The van der Waals surface area contributed by atoms with Crippen LogP contribution < -0.4 is 0 Å². The van der Waals surface area contributed by atoms with E-state index in [1.54, 1.807) is 43.3 Å². The van der Waals surface area contributed by atoms with Gasteiger partial charge < -0.3 is 4.42 Å². The van der Waals surface area contributed by atoms with Gasteiger partial charge in [-0.2, -0.15) is 5.26 Å². The molecule has 1 aromatic carbocycles. The lowest BCUT2D eigenvalue weighted by atomic mass is 9.94. The zero-order valence-electron chi connectivity index (χ0n) is 16.7. The standard InChI is InChI=1S/C23H20Cl2N2O3/c1-3-4-5-10-27-22(28)18(14(2)19(13-26)23(27)29)12-16-7-9-21(30-16)17-8-6-15(24)11-20(17)25/h6-9,11-12H,3-5,10H2,1-2H3/b18-12+. The van der Waals surface area contributed by atoms with Crippen LogP contribution in [0, 0.1) is 11.3 Å². The van der Waals surface area contributed by atoms with Crippen LogP contribution in [0.25, 0.3) is 17.4 Å². The molecule has 2 heterocycles. The number of benzene rings is 1. The highest BCUT2D eigenvalue weighted by Gasteiger charge is 2.35. The average molecular weight is 443 g/mol. The fourth-order valence-corrected chi connectivity index (χ4v) is 3.76. The number of furan rings is 1. The van der Waals surface area contributed by atoms with Gasteiger partial charge in [0.2, 0.25) is 0 Å². The Kier molecular flexibility index (Phi) is 6.81. The Morgan fingerprint density at radius 2 is 1.90 bits per heavy atom. The monoisotopic (exact) mass is 442 g/mol. The van der Waals surface area contributed by atoms with E-state index in [1.165, 1.54) is 0 Å². The summed E-state index contributed by atoms with van der Waals surface area (Å²) in [5.41, 5.74) is 1.26. The van der Waals surface area contributed by atoms with E-state index in [2.05, 4.69) is 0 Å². The number of carbonyl (C=O) groups excluding carboxylic acids is 2. The highest BCUT2D eigenvalue weighted by atomic mass is 35.5. The summed E-state index contributed by atoms with van der Waals surface area (Å²) in [6.07, 6.45) is 4.10. The topological polar surface area (TPSA) is 74.3 Å². The molecule has 2 aromatic rings. The van der Waals surface area contributed by atoms with E-state index in [0.29, 0.717) is 39.1 Å². The number of unbranched alkanes of at least 4 members (excludes halogenated alkanes) is 2. The first-order chi connectivity index (χ1) is 14.4. The van der Waals surface area contributed by atoms with Crippen LogP contribution in [0.5, 0.6) is 0 Å². The summed E-state index contributed by atoms with van der Waals surface area (Å²) >= 11 is 12.2. The van der Waals surface area contributed by atoms with Crippen LogP contribution >= 0.6 is 23.2 Å². The van der Waals surface area contributed by atoms with Gasteiger partial charge in [-0.15, -0.1) is 0 Å². The molecule has 0 N–H and O–H groups in total. The van der Waals surface area contributed by atoms with Gasteiger partial charge in [-0.25, -0.2) is 0 Å². The molecule has 1 aliphatic rings. The number of nitriles is 1. The second-order valence-corrected chi connectivity index (χ2v) is 7.81. The number of hydrogen-bond donors (Lipinski definition) is 0. The van der Waals surface area contributed by atoms with Crippen molar-refractivity contribution in [2.24, 2.45) is 0 Å². The molecule has 154 valence electrons. The summed E-state index contributed by atoms with van der Waals surface area (Å²) in [5.74, 6) is -0.0277. The molecule has 3 rings (SSSR count). The SMILES string of the molecule is CCCCCN1C(=O)C(C#N)=C(C)/C(=C\c2ccc(-c3ccc(Cl)cc3Cl)o2)C1=O. The lowest BCUT2D eigenvalue weighted by Gasteiger charge is -2.27. The minimum Gasteiger partial charge on any atom is -0.457 e. The Balaban J connectivity index is 1.98. The first-order valence-electron chi connectivity index (χ1n) is 9.61. The van der Waals surface area contributed by atoms with Crippen LogP contribution in [0.1, 0.15) is 38.9 Å². The van der Waals surface area contributed by atoms with Crippen LogP contribution in [0.3, 0.4) is 0 Å². The number of halogens is 2. The summed E-state index contributed by atoms with van der Waals surface area (Å²) in [6.45, 7) is 3.92. The number of hydrogen-bond acceptors (Lipinski definition) is 4. The molecule has 1 aliphatic heterocycles. The molecule has 0 fully saturated rings. The molecular formula is C23H20Cl2N2O3. The van der Waals surface area contributed by atoms with E-state index in [4.69, 9.17) is 27.6 Å². The second-order valence-electron chi connectivity index (χ2n) is 6.97. The Bertz CT molecular complexity index is 1110. The molecule has 0 atom stereocenters. The summed E-state index contributed by atoms with van der Waals surface area (Å²) in [4.78, 5) is 26.7. The lowest BCUT2D eigenvalue weighted by molar-refractivity contribution is -0.140. The van der Waals surface area contributed by atoms with Gasteiger partial charge in [0.25, 0.3) is 11.8 Å². The summed E-state index contributed by atoms with van der Waals surface area (Å²) in [7, 11) is 0. The normalized spacial score (nSPS) is 15.8. The molecule has 1 aromatic heterocycles.